The van der Waals surface area contributed by atoms with Crippen LogP contribution in [0.3, 0.4) is 0 Å². The van der Waals surface area contributed by atoms with E-state index in [1.165, 1.54) is 0 Å². The molecule has 2 aromatic rings. The summed E-state index contributed by atoms with van der Waals surface area (Å²) in [5, 5.41) is 9.47. The molecule has 3 rings (SSSR count). The average molecular weight is 312 g/mol. The van der Waals surface area contributed by atoms with E-state index in [1.807, 2.05) is 24.3 Å². The van der Waals surface area contributed by atoms with Gasteiger partial charge < -0.3 is 14.6 Å². The van der Waals surface area contributed by atoms with Gasteiger partial charge in [0.05, 0.1) is 19.1 Å². The molecule has 0 saturated carbocycles. The Morgan fingerprint density at radius 1 is 1.00 bits per heavy atom. The van der Waals surface area contributed by atoms with Crippen LogP contribution in [0.25, 0.3) is 0 Å². The summed E-state index contributed by atoms with van der Waals surface area (Å²) in [6.07, 6.45) is -0.369. The number of carbonyl (C=O) groups is 1. The minimum atomic E-state index is -0.840. The summed E-state index contributed by atoms with van der Waals surface area (Å²) < 4.78 is 11.2. The van der Waals surface area contributed by atoms with Gasteiger partial charge in [-0.2, -0.15) is 0 Å². The fourth-order valence-electron chi connectivity index (χ4n) is 3.02. The highest BCUT2D eigenvalue weighted by Crippen LogP contribution is 2.47. The zero-order valence-corrected chi connectivity index (χ0v) is 13.4. The van der Waals surface area contributed by atoms with Crippen molar-refractivity contribution in [3.63, 3.8) is 0 Å². The molecule has 2 atom stereocenters. The maximum absolute atomic E-state index is 12.8. The van der Waals surface area contributed by atoms with Crippen molar-refractivity contribution in [1.82, 2.24) is 0 Å². The van der Waals surface area contributed by atoms with Crippen molar-refractivity contribution in [2.24, 2.45) is 0 Å². The first-order valence-electron chi connectivity index (χ1n) is 7.57. The number of ketones is 1. The molecule has 1 aliphatic rings. The Kier molecular flexibility index (Phi) is 3.86. The largest absolute Gasteiger partial charge is 0.508 e. The fourth-order valence-corrected chi connectivity index (χ4v) is 3.02. The number of methoxy groups -OCH3 is 1. The van der Waals surface area contributed by atoms with Crippen LogP contribution in [0.15, 0.2) is 48.5 Å². The number of ether oxygens (including phenoxy) is 2. The van der Waals surface area contributed by atoms with Crippen molar-refractivity contribution in [2.45, 2.75) is 31.5 Å². The molecule has 2 unspecified atom stereocenters. The Morgan fingerprint density at radius 2 is 1.57 bits per heavy atom. The molecule has 0 aromatic heterocycles. The number of hydrogen-bond donors (Lipinski definition) is 1. The SMILES string of the molecule is COc1ccc(C2C(=O)C(C)(C)OC2c2ccc(O)cc2)cc1. The second-order valence-electron chi connectivity index (χ2n) is 6.26. The maximum atomic E-state index is 12.8. The van der Waals surface area contributed by atoms with E-state index in [0.29, 0.717) is 0 Å². The molecule has 1 aliphatic heterocycles. The molecule has 0 bridgehead atoms. The minimum Gasteiger partial charge on any atom is -0.508 e. The molecule has 4 heteroatoms. The first kappa shape index (κ1) is 15.6. The normalized spacial score (nSPS) is 23.0. The van der Waals surface area contributed by atoms with Gasteiger partial charge in [-0.15, -0.1) is 0 Å². The maximum Gasteiger partial charge on any atom is 0.174 e. The topological polar surface area (TPSA) is 55.8 Å². The number of aromatic hydroxyl groups is 1. The quantitative estimate of drug-likeness (QED) is 0.941. The van der Waals surface area contributed by atoms with Crippen LogP contribution >= 0.6 is 0 Å². The van der Waals surface area contributed by atoms with E-state index >= 15 is 0 Å². The second kappa shape index (κ2) is 5.70. The summed E-state index contributed by atoms with van der Waals surface area (Å²) in [5.41, 5.74) is 0.939. The van der Waals surface area contributed by atoms with Crippen LogP contribution in [0.1, 0.15) is 37.0 Å². The van der Waals surface area contributed by atoms with Gasteiger partial charge in [0.2, 0.25) is 0 Å². The number of carbonyl (C=O) groups excluding carboxylic acids is 1. The number of benzene rings is 2. The zero-order valence-electron chi connectivity index (χ0n) is 13.4. The molecule has 0 aliphatic carbocycles. The van der Waals surface area contributed by atoms with E-state index < -0.39 is 5.60 Å². The Morgan fingerprint density at radius 3 is 2.13 bits per heavy atom. The molecule has 2 aromatic carbocycles. The van der Waals surface area contributed by atoms with E-state index in [2.05, 4.69) is 0 Å². The van der Waals surface area contributed by atoms with Gasteiger partial charge in [0, 0.05) is 0 Å². The van der Waals surface area contributed by atoms with Gasteiger partial charge in [0.1, 0.15) is 17.1 Å². The van der Waals surface area contributed by atoms with Crippen molar-refractivity contribution in [2.75, 3.05) is 7.11 Å². The van der Waals surface area contributed by atoms with Crippen molar-refractivity contribution in [1.29, 1.82) is 0 Å². The van der Waals surface area contributed by atoms with Gasteiger partial charge >= 0.3 is 0 Å². The minimum absolute atomic E-state index is 0.0562. The molecule has 0 amide bonds. The molecule has 1 saturated heterocycles. The van der Waals surface area contributed by atoms with E-state index in [-0.39, 0.29) is 23.6 Å². The zero-order chi connectivity index (χ0) is 16.6. The molecule has 23 heavy (non-hydrogen) atoms. The van der Waals surface area contributed by atoms with E-state index in [9.17, 15) is 9.90 Å². The van der Waals surface area contributed by atoms with Gasteiger partial charge in [0.15, 0.2) is 5.78 Å². The number of Topliss-reactive ketones (excluding diaryl/α,β-unsaturated/α-hetero) is 1. The third-order valence-electron chi connectivity index (χ3n) is 4.30. The van der Waals surface area contributed by atoms with Crippen LogP contribution in [0.2, 0.25) is 0 Å². The van der Waals surface area contributed by atoms with Crippen molar-refractivity contribution in [3.8, 4) is 11.5 Å². The lowest BCUT2D eigenvalue weighted by Crippen LogP contribution is -2.29. The third kappa shape index (κ3) is 2.82. The summed E-state index contributed by atoms with van der Waals surface area (Å²) in [5.74, 6) is 0.625. The number of phenolic OH excluding ortho intramolecular Hbond substituents is 1. The summed E-state index contributed by atoms with van der Waals surface area (Å²) in [6.45, 7) is 3.60. The molecule has 0 radical (unpaired) electrons. The predicted octanol–water partition coefficient (Wildman–Crippen LogP) is 3.60. The second-order valence-corrected chi connectivity index (χ2v) is 6.26. The lowest BCUT2D eigenvalue weighted by molar-refractivity contribution is -0.130. The molecular weight excluding hydrogens is 292 g/mol. The van der Waals surface area contributed by atoms with Gasteiger partial charge in [-0.3, -0.25) is 4.79 Å². The Bertz CT molecular complexity index is 701. The molecule has 1 N–H and O–H groups in total. The molecule has 120 valence electrons. The number of phenols is 1. The van der Waals surface area contributed by atoms with Crippen molar-refractivity contribution >= 4 is 5.78 Å². The summed E-state index contributed by atoms with van der Waals surface area (Å²) >= 11 is 0. The molecule has 4 nitrogen and oxygen atoms in total. The van der Waals surface area contributed by atoms with Gasteiger partial charge in [0.25, 0.3) is 0 Å². The standard InChI is InChI=1S/C19H20O4/c1-19(2)18(21)16(12-6-10-15(22-3)11-7-12)17(23-19)13-4-8-14(20)9-5-13/h4-11,16-17,20H,1-3H3. The number of hydrogen-bond acceptors (Lipinski definition) is 4. The highest BCUT2D eigenvalue weighted by molar-refractivity contribution is 5.95. The Balaban J connectivity index is 2.02. The van der Waals surface area contributed by atoms with Crippen LogP contribution in [-0.4, -0.2) is 23.6 Å². The van der Waals surface area contributed by atoms with Crippen LogP contribution in [0.5, 0.6) is 11.5 Å². The smallest absolute Gasteiger partial charge is 0.174 e. The van der Waals surface area contributed by atoms with E-state index in [0.717, 1.165) is 16.9 Å². The average Bonchev–Trinajstić information content (AvgIpc) is 2.78. The molecular formula is C19H20O4. The lowest BCUT2D eigenvalue weighted by atomic mass is 9.84. The summed E-state index contributed by atoms with van der Waals surface area (Å²) in [6, 6.07) is 14.3. The predicted molar refractivity (Wildman–Crippen MR) is 86.8 cm³/mol. The van der Waals surface area contributed by atoms with E-state index in [4.69, 9.17) is 9.47 Å². The van der Waals surface area contributed by atoms with Crippen molar-refractivity contribution in [3.05, 3.63) is 59.7 Å². The van der Waals surface area contributed by atoms with Crippen LogP contribution in [-0.2, 0) is 9.53 Å². The first-order valence-corrected chi connectivity index (χ1v) is 7.57. The fraction of sp³-hybridized carbons (Fsp3) is 0.316. The van der Waals surface area contributed by atoms with Crippen LogP contribution in [0.4, 0.5) is 0 Å². The van der Waals surface area contributed by atoms with Crippen molar-refractivity contribution < 1.29 is 19.4 Å². The van der Waals surface area contributed by atoms with Crippen LogP contribution < -0.4 is 4.74 Å². The monoisotopic (exact) mass is 312 g/mol. The molecule has 0 spiro atoms. The Labute approximate surface area is 135 Å². The highest BCUT2D eigenvalue weighted by atomic mass is 16.5. The van der Waals surface area contributed by atoms with Gasteiger partial charge in [-0.05, 0) is 49.2 Å². The summed E-state index contributed by atoms with van der Waals surface area (Å²) in [7, 11) is 1.61. The molecule has 1 heterocycles. The van der Waals surface area contributed by atoms with Crippen LogP contribution in [0, 0.1) is 0 Å². The van der Waals surface area contributed by atoms with Gasteiger partial charge in [-0.1, -0.05) is 24.3 Å². The molecule has 1 fully saturated rings. The van der Waals surface area contributed by atoms with Gasteiger partial charge in [-0.25, -0.2) is 0 Å². The lowest BCUT2D eigenvalue weighted by Gasteiger charge is -2.19. The summed E-state index contributed by atoms with van der Waals surface area (Å²) in [4.78, 5) is 12.8. The first-order chi connectivity index (χ1) is 10.9. The Hall–Kier alpha value is -2.33. The highest BCUT2D eigenvalue weighted by Gasteiger charge is 2.49. The van der Waals surface area contributed by atoms with E-state index in [1.54, 1.807) is 45.2 Å². The number of rotatable bonds is 3. The third-order valence-corrected chi connectivity index (χ3v) is 4.30.